The third-order valence-electron chi connectivity index (χ3n) is 21.5. The van der Waals surface area contributed by atoms with Crippen molar-refractivity contribution in [2.75, 3.05) is 13.2 Å². The molecule has 0 amide bonds. The average Bonchev–Trinajstić information content (AvgIpc) is 1.53. The Hall–Kier alpha value is -8.41. The average molecular weight is 1640 g/mol. The lowest BCUT2D eigenvalue weighted by Crippen LogP contribution is -2.65. The van der Waals surface area contributed by atoms with Crippen LogP contribution < -0.4 is 0 Å². The number of ether oxygens (including phenoxy) is 12. The van der Waals surface area contributed by atoms with Crippen molar-refractivity contribution in [3.05, 3.63) is 388 Å². The lowest BCUT2D eigenvalue weighted by atomic mass is 9.86. The second kappa shape index (κ2) is 36.8. The summed E-state index contributed by atoms with van der Waals surface area (Å²) in [6.07, 6.45) is -2.97. The first-order chi connectivity index (χ1) is 55.1. The van der Waals surface area contributed by atoms with E-state index in [1.54, 1.807) is 0 Å². The molecule has 0 saturated carbocycles. The van der Waals surface area contributed by atoms with Gasteiger partial charge in [0.15, 0.2) is 0 Å². The zero-order valence-corrected chi connectivity index (χ0v) is 67.1. The molecular weight excluding hydrogens is 1550 g/mol. The van der Waals surface area contributed by atoms with Crippen molar-refractivity contribution in [3.63, 3.8) is 0 Å². The van der Waals surface area contributed by atoms with E-state index in [-0.39, 0.29) is 13.2 Å². The van der Waals surface area contributed by atoms with E-state index >= 15 is 0 Å². The first kappa shape index (κ1) is 77.5. The summed E-state index contributed by atoms with van der Waals surface area (Å²) < 4.78 is 87.6. The molecule has 2 spiro atoms. The van der Waals surface area contributed by atoms with Gasteiger partial charge >= 0.3 is 0 Å². The molecule has 2 aromatic heterocycles. The van der Waals surface area contributed by atoms with Crippen LogP contribution in [0.2, 0.25) is 0 Å². The van der Waals surface area contributed by atoms with Crippen LogP contribution in [-0.4, -0.2) is 62.0 Å². The van der Waals surface area contributed by atoms with Gasteiger partial charge in [0.05, 0.1) is 79.3 Å². The van der Waals surface area contributed by atoms with Gasteiger partial charge in [0, 0.05) is 39.2 Å². The minimum Gasteiger partial charge on any atom is -0.374 e. The maximum absolute atomic E-state index is 7.45. The van der Waals surface area contributed by atoms with Gasteiger partial charge in [-0.1, -0.05) is 274 Å². The van der Waals surface area contributed by atoms with E-state index in [9.17, 15) is 0 Å². The molecule has 6 heterocycles. The topological polar surface area (TPSA) is 111 Å². The Morgan fingerprint density at radius 2 is 0.661 bits per heavy atom. The molecule has 112 heavy (non-hydrogen) atoms. The quantitative estimate of drug-likeness (QED) is 0.0416. The predicted octanol–water partition coefficient (Wildman–Crippen LogP) is 21.3. The van der Waals surface area contributed by atoms with Crippen molar-refractivity contribution in [3.8, 4) is 0 Å². The molecule has 572 valence electrons. The third-order valence-corrected chi connectivity index (χ3v) is 25.5. The Morgan fingerprint density at radius 3 is 1.03 bits per heavy atom. The summed E-state index contributed by atoms with van der Waals surface area (Å²) in [5.74, 6) is -2.59. The van der Waals surface area contributed by atoms with Crippen LogP contribution in [0.3, 0.4) is 0 Å². The zero-order valence-electron chi connectivity index (χ0n) is 63.3. The maximum atomic E-state index is 7.45. The van der Waals surface area contributed by atoms with Gasteiger partial charge in [-0.05, 0) is 151 Å². The summed E-state index contributed by atoms with van der Waals surface area (Å²) in [7, 11) is 0. The van der Waals surface area contributed by atoms with Gasteiger partial charge < -0.3 is 56.8 Å². The molecule has 0 radical (unpaired) electrons. The number of benzene rings is 11. The largest absolute Gasteiger partial charge is 0.374 e. The van der Waals surface area contributed by atoms with E-state index in [1.165, 1.54) is 50.2 Å². The lowest BCUT2D eigenvalue weighted by molar-refractivity contribution is -0.387. The van der Waals surface area contributed by atoms with Gasteiger partial charge in [0.2, 0.25) is 11.6 Å². The van der Waals surface area contributed by atoms with Crippen molar-refractivity contribution in [2.45, 2.75) is 160 Å². The molecule has 2 saturated heterocycles. The summed E-state index contributed by atoms with van der Waals surface area (Å²) in [5.41, 5.74) is 16.6. The highest BCUT2D eigenvalue weighted by atomic mass is 127. The number of thiophene rings is 2. The lowest BCUT2D eigenvalue weighted by Gasteiger charge is -2.51. The van der Waals surface area contributed by atoms with E-state index < -0.39 is 60.4 Å². The highest BCUT2D eigenvalue weighted by Crippen LogP contribution is 2.53. The van der Waals surface area contributed by atoms with Crippen LogP contribution in [-0.2, 0) is 147 Å². The molecule has 15 heteroatoms. The summed E-state index contributed by atoms with van der Waals surface area (Å²) >= 11 is 6.11. The minimum atomic E-state index is -1.32. The Kier molecular flexibility index (Phi) is 25.5. The fourth-order valence-corrected chi connectivity index (χ4v) is 18.8. The van der Waals surface area contributed by atoms with Gasteiger partial charge in [0.1, 0.15) is 48.8 Å². The van der Waals surface area contributed by atoms with Gasteiger partial charge in [-0.15, -0.1) is 22.7 Å². The number of fused-ring (bicyclic) bond motifs is 6. The van der Waals surface area contributed by atoms with Gasteiger partial charge in [-0.3, -0.25) is 0 Å². The van der Waals surface area contributed by atoms with Crippen molar-refractivity contribution in [1.29, 1.82) is 0 Å². The number of hydrogen-bond donors (Lipinski definition) is 0. The Bertz CT molecular complexity index is 5140. The number of halogens is 1. The highest BCUT2D eigenvalue weighted by Gasteiger charge is 2.63. The minimum absolute atomic E-state index is 0.254. The van der Waals surface area contributed by atoms with Crippen molar-refractivity contribution < 1.29 is 56.8 Å². The van der Waals surface area contributed by atoms with E-state index in [0.29, 0.717) is 66.1 Å². The molecule has 0 unspecified atom stereocenters. The Labute approximate surface area is 678 Å². The molecule has 17 rings (SSSR count). The summed E-state index contributed by atoms with van der Waals surface area (Å²) in [6.45, 7) is 10.9. The Balaban J connectivity index is 0.000000171. The maximum Gasteiger partial charge on any atom is 0.226 e. The van der Waals surface area contributed by atoms with Crippen LogP contribution in [0.15, 0.2) is 291 Å². The molecule has 0 aliphatic carbocycles. The summed E-state index contributed by atoms with van der Waals surface area (Å²) in [5, 5.41) is 2.41. The summed E-state index contributed by atoms with van der Waals surface area (Å²) in [6, 6.07) is 100. The predicted molar refractivity (Wildman–Crippen MR) is 449 cm³/mol. The van der Waals surface area contributed by atoms with E-state index in [2.05, 4.69) is 189 Å². The molecule has 0 N–H and O–H groups in total. The number of aryl methyl sites for hydroxylation is 3. The fourth-order valence-electron chi connectivity index (χ4n) is 15.7. The third kappa shape index (κ3) is 17.9. The summed E-state index contributed by atoms with van der Waals surface area (Å²) in [4.78, 5) is 2.61. The van der Waals surface area contributed by atoms with Crippen molar-refractivity contribution in [2.24, 2.45) is 0 Å². The monoisotopic (exact) mass is 1640 g/mol. The van der Waals surface area contributed by atoms with Crippen LogP contribution in [0.5, 0.6) is 0 Å². The molecule has 13 aromatic rings. The molecule has 10 atom stereocenters. The van der Waals surface area contributed by atoms with Crippen LogP contribution in [0.4, 0.5) is 0 Å². The van der Waals surface area contributed by atoms with E-state index in [0.717, 1.165) is 79.6 Å². The molecule has 4 aliphatic heterocycles. The molecule has 12 nitrogen and oxygen atoms in total. The van der Waals surface area contributed by atoms with Crippen LogP contribution in [0.1, 0.15) is 100 Å². The molecule has 4 aliphatic rings. The zero-order chi connectivity index (χ0) is 76.1. The van der Waals surface area contributed by atoms with E-state index in [4.69, 9.17) is 56.8 Å². The van der Waals surface area contributed by atoms with Crippen LogP contribution >= 0.6 is 45.3 Å². The van der Waals surface area contributed by atoms with Crippen molar-refractivity contribution >= 4 is 65.4 Å². The second-order valence-electron chi connectivity index (χ2n) is 29.2. The molecular formula is C97H93IO12S2. The van der Waals surface area contributed by atoms with Crippen LogP contribution in [0, 0.1) is 17.4 Å². The van der Waals surface area contributed by atoms with E-state index in [1.807, 2.05) is 168 Å². The smallest absolute Gasteiger partial charge is 0.226 e. The second-order valence-corrected chi connectivity index (χ2v) is 32.8. The van der Waals surface area contributed by atoms with Crippen molar-refractivity contribution in [1.82, 2.24) is 0 Å². The molecule has 2 fully saturated rings. The number of hydrogen-bond acceptors (Lipinski definition) is 14. The first-order valence-electron chi connectivity index (χ1n) is 38.8. The van der Waals surface area contributed by atoms with Gasteiger partial charge in [-0.25, -0.2) is 0 Å². The number of rotatable bonds is 29. The standard InChI is InChI=1S/C53H52O6S.C44H41IO6S/c1-3-38-24-26-39(27-25-38)28-45-37(2)60-49-29-44-35-58-53(47(44)30-46(45)49)52(57-34-43-22-14-7-15-23-43)51(56-33-42-20-12-6-13-21-42)50(55-32-41-18-10-5-11-19-41)48(59-53)36-54-31-40-16-8-4-9-17-40;1-30-40(45)36-23-37-35(22-39(36)52-30)28-50-44(37)43(49-27-34-20-12-5-13-21-34)42(48-26-33-18-10-4-11-19-33)41(47-25-32-16-8-3-9-17-32)38(51-44)29-46-24-31-14-6-2-7-15-31/h4-27,29-30,48,50-52H,3,28,31-36H2,1-2H3;2-23,38,41-43H,24-29H2,1H3/t48-,50-,51+,52-,53+;38-,41-,42+,43-,44+/m11/s1. The first-order valence-corrected chi connectivity index (χ1v) is 41.5. The fraction of sp³-hybridized carbons (Fsp3) is 0.278. The SMILES string of the molecule is CCc1ccc(Cc2c(C)sc3cc4c(cc23)[C@]2(OC4)O[C@H](COCc3ccccc3)[C@@H](OCc3ccccc3)[C@H](OCc3ccccc3)[C@H]2OCc2ccccc2)cc1.Cc1sc2cc3c(cc2c1I)[C@]1(OC3)O[C@H](COCc2ccccc2)[C@@H](OCc2ccccc2)[C@H](OCc2ccccc2)[C@H]1OCc1ccccc1. The normalized spacial score (nSPS) is 21.8. The van der Waals surface area contributed by atoms with Crippen LogP contribution in [0.25, 0.3) is 20.2 Å². The van der Waals surface area contributed by atoms with Gasteiger partial charge in [0.25, 0.3) is 0 Å². The molecule has 11 aromatic carbocycles. The Morgan fingerprint density at radius 1 is 0.348 bits per heavy atom. The highest BCUT2D eigenvalue weighted by molar-refractivity contribution is 14.1. The van der Waals surface area contributed by atoms with Gasteiger partial charge in [-0.2, -0.15) is 0 Å². The molecule has 0 bridgehead atoms.